The van der Waals surface area contributed by atoms with Crippen molar-refractivity contribution >= 4 is 5.91 Å². The average Bonchev–Trinajstić information content (AvgIpc) is 3.22. The van der Waals surface area contributed by atoms with E-state index in [4.69, 9.17) is 14.6 Å². The molecule has 0 saturated heterocycles. The van der Waals surface area contributed by atoms with Crippen LogP contribution < -0.4 is 9.47 Å². The number of hydrogen-bond donors (Lipinski definition) is 0. The lowest BCUT2D eigenvalue weighted by atomic mass is 10.1. The first kappa shape index (κ1) is 24.1. The van der Waals surface area contributed by atoms with Crippen molar-refractivity contribution in [2.75, 3.05) is 7.11 Å². The minimum Gasteiger partial charge on any atom is -0.497 e. The van der Waals surface area contributed by atoms with Crippen molar-refractivity contribution in [3.63, 3.8) is 0 Å². The van der Waals surface area contributed by atoms with Crippen LogP contribution in [0.4, 0.5) is 0 Å². The molecule has 0 aliphatic carbocycles. The number of benzene rings is 3. The van der Waals surface area contributed by atoms with Crippen LogP contribution >= 0.6 is 0 Å². The number of aromatic nitrogens is 2. The molecule has 0 aliphatic heterocycles. The Hall–Kier alpha value is -4.06. The Labute approximate surface area is 206 Å². The van der Waals surface area contributed by atoms with Crippen LogP contribution in [0.5, 0.6) is 17.4 Å². The van der Waals surface area contributed by atoms with E-state index in [1.54, 1.807) is 11.8 Å². The number of rotatable bonds is 9. The van der Waals surface area contributed by atoms with Gasteiger partial charge in [-0.3, -0.25) is 4.79 Å². The molecule has 3 aromatic carbocycles. The van der Waals surface area contributed by atoms with Crippen molar-refractivity contribution in [1.29, 1.82) is 0 Å². The summed E-state index contributed by atoms with van der Waals surface area (Å²) >= 11 is 0. The fourth-order valence-corrected chi connectivity index (χ4v) is 3.89. The molecule has 0 bridgehead atoms. The smallest absolute Gasteiger partial charge is 0.254 e. The number of carbonyl (C=O) groups is 1. The normalized spacial score (nSPS) is 11.7. The topological polar surface area (TPSA) is 56.6 Å². The summed E-state index contributed by atoms with van der Waals surface area (Å²) in [5, 5.41) is 4.81. The first-order chi connectivity index (χ1) is 17.0. The van der Waals surface area contributed by atoms with Gasteiger partial charge in [-0.2, -0.15) is 5.10 Å². The van der Waals surface area contributed by atoms with Crippen LogP contribution in [-0.2, 0) is 6.54 Å². The second-order valence-electron chi connectivity index (χ2n) is 8.45. The van der Waals surface area contributed by atoms with Gasteiger partial charge in [0.15, 0.2) is 0 Å². The second kappa shape index (κ2) is 10.9. The van der Waals surface area contributed by atoms with E-state index >= 15 is 0 Å². The Bertz CT molecular complexity index is 1250. The predicted molar refractivity (Wildman–Crippen MR) is 137 cm³/mol. The molecular formula is C29H31N3O3. The highest BCUT2D eigenvalue weighted by Gasteiger charge is 2.26. The van der Waals surface area contributed by atoms with Crippen molar-refractivity contribution in [1.82, 2.24) is 14.7 Å². The Kier molecular flexibility index (Phi) is 7.51. The minimum absolute atomic E-state index is 0.0118. The van der Waals surface area contributed by atoms with Crippen LogP contribution in [0.3, 0.4) is 0 Å². The highest BCUT2D eigenvalue weighted by Crippen LogP contribution is 2.33. The molecule has 4 rings (SSSR count). The quantitative estimate of drug-likeness (QED) is 0.284. The summed E-state index contributed by atoms with van der Waals surface area (Å²) in [7, 11) is 1.63. The van der Waals surface area contributed by atoms with Crippen LogP contribution in [-0.4, -0.2) is 33.7 Å². The van der Waals surface area contributed by atoms with Gasteiger partial charge in [0.1, 0.15) is 11.5 Å². The number of amides is 1. The van der Waals surface area contributed by atoms with E-state index in [-0.39, 0.29) is 11.9 Å². The lowest BCUT2D eigenvalue weighted by Gasteiger charge is -2.29. The molecular weight excluding hydrogens is 438 g/mol. The third-order valence-electron chi connectivity index (χ3n) is 6.14. The Morgan fingerprint density at radius 3 is 2.14 bits per heavy atom. The summed E-state index contributed by atoms with van der Waals surface area (Å²) in [5.74, 6) is 1.99. The van der Waals surface area contributed by atoms with E-state index in [1.807, 2.05) is 96.8 Å². The molecule has 1 atom stereocenters. The minimum atomic E-state index is -0.0118. The van der Waals surface area contributed by atoms with E-state index in [0.717, 1.165) is 29.1 Å². The van der Waals surface area contributed by atoms with Gasteiger partial charge in [-0.1, -0.05) is 43.3 Å². The summed E-state index contributed by atoms with van der Waals surface area (Å²) in [6.07, 6.45) is 0.832. The number of ether oxygens (including phenoxy) is 2. The number of nitrogens with zero attached hydrogens (tertiary/aromatic N) is 3. The maximum absolute atomic E-state index is 13.5. The van der Waals surface area contributed by atoms with E-state index in [2.05, 4.69) is 13.8 Å². The van der Waals surface area contributed by atoms with Gasteiger partial charge in [-0.25, -0.2) is 4.68 Å². The van der Waals surface area contributed by atoms with Gasteiger partial charge in [0.05, 0.1) is 30.6 Å². The zero-order valence-corrected chi connectivity index (χ0v) is 20.6. The van der Waals surface area contributed by atoms with Crippen molar-refractivity contribution < 1.29 is 14.3 Å². The van der Waals surface area contributed by atoms with Crippen LogP contribution in [0.1, 0.15) is 41.9 Å². The number of hydrogen-bond acceptors (Lipinski definition) is 4. The van der Waals surface area contributed by atoms with Crippen LogP contribution in [0.25, 0.3) is 5.69 Å². The largest absolute Gasteiger partial charge is 0.497 e. The van der Waals surface area contributed by atoms with Gasteiger partial charge in [-0.05, 0) is 68.8 Å². The molecule has 0 N–H and O–H groups in total. The molecule has 0 unspecified atom stereocenters. The molecule has 4 aromatic rings. The molecule has 0 radical (unpaired) electrons. The zero-order valence-electron chi connectivity index (χ0n) is 20.6. The van der Waals surface area contributed by atoms with Crippen LogP contribution in [0.2, 0.25) is 0 Å². The fraction of sp³-hybridized carbons (Fsp3) is 0.241. The number of methoxy groups -OCH3 is 1. The van der Waals surface area contributed by atoms with Gasteiger partial charge in [0.25, 0.3) is 5.91 Å². The molecule has 180 valence electrons. The maximum atomic E-state index is 13.5. The first-order valence-corrected chi connectivity index (χ1v) is 11.8. The van der Waals surface area contributed by atoms with Gasteiger partial charge in [0, 0.05) is 11.6 Å². The van der Waals surface area contributed by atoms with Crippen LogP contribution in [0.15, 0.2) is 84.9 Å². The summed E-state index contributed by atoms with van der Waals surface area (Å²) in [5.41, 5.74) is 3.23. The molecule has 0 spiro atoms. The Balaban J connectivity index is 1.77. The fourth-order valence-electron chi connectivity index (χ4n) is 3.89. The van der Waals surface area contributed by atoms with E-state index in [9.17, 15) is 4.79 Å². The highest BCUT2D eigenvalue weighted by atomic mass is 16.5. The van der Waals surface area contributed by atoms with Gasteiger partial charge in [0.2, 0.25) is 5.88 Å². The van der Waals surface area contributed by atoms with Gasteiger partial charge < -0.3 is 14.4 Å². The van der Waals surface area contributed by atoms with Gasteiger partial charge >= 0.3 is 0 Å². The number of carbonyl (C=O) groups excluding carboxylic acids is 1. The van der Waals surface area contributed by atoms with Gasteiger partial charge in [-0.15, -0.1) is 0 Å². The molecule has 0 fully saturated rings. The lowest BCUT2D eigenvalue weighted by Crippen LogP contribution is -2.38. The van der Waals surface area contributed by atoms with Crippen molar-refractivity contribution in [2.45, 2.75) is 39.8 Å². The molecule has 6 heteroatoms. The molecule has 1 heterocycles. The third-order valence-corrected chi connectivity index (χ3v) is 6.14. The maximum Gasteiger partial charge on any atom is 0.254 e. The number of para-hydroxylation sites is 1. The van der Waals surface area contributed by atoms with Crippen LogP contribution in [0, 0.1) is 6.92 Å². The number of aryl methyl sites for hydroxylation is 1. The van der Waals surface area contributed by atoms with Crippen molar-refractivity contribution in [2.24, 2.45) is 0 Å². The standard InChI is InChI=1S/C29H31N3O3/c1-5-21(2)31(28(33)23-12-8-6-9-13-23)20-27-22(3)30-32(24-14-10-7-11-15-24)29(27)35-26-18-16-25(34-4)17-19-26/h6-19,21H,5,20H2,1-4H3/t21-/m1/s1. The van der Waals surface area contributed by atoms with Crippen molar-refractivity contribution in [3.05, 3.63) is 102 Å². The second-order valence-corrected chi connectivity index (χ2v) is 8.45. The molecule has 1 amide bonds. The predicted octanol–water partition coefficient (Wildman–Crippen LogP) is 6.42. The molecule has 1 aromatic heterocycles. The summed E-state index contributed by atoms with van der Waals surface area (Å²) in [6, 6.07) is 26.7. The SMILES string of the molecule is CC[C@@H](C)N(Cc1c(C)nn(-c2ccccc2)c1Oc1ccc(OC)cc1)C(=O)c1ccccc1. The zero-order chi connectivity index (χ0) is 24.8. The van der Waals surface area contributed by atoms with E-state index in [1.165, 1.54) is 0 Å². The van der Waals surface area contributed by atoms with E-state index < -0.39 is 0 Å². The molecule has 0 aliphatic rings. The first-order valence-electron chi connectivity index (χ1n) is 11.8. The summed E-state index contributed by atoms with van der Waals surface area (Å²) in [6.45, 7) is 6.50. The monoisotopic (exact) mass is 469 g/mol. The Morgan fingerprint density at radius 1 is 0.943 bits per heavy atom. The average molecular weight is 470 g/mol. The molecule has 35 heavy (non-hydrogen) atoms. The highest BCUT2D eigenvalue weighted by molar-refractivity contribution is 5.94. The van der Waals surface area contributed by atoms with E-state index in [0.29, 0.717) is 23.7 Å². The lowest BCUT2D eigenvalue weighted by molar-refractivity contribution is 0.0670. The molecule has 0 saturated carbocycles. The molecule has 6 nitrogen and oxygen atoms in total. The third kappa shape index (κ3) is 5.38. The van der Waals surface area contributed by atoms with Crippen molar-refractivity contribution in [3.8, 4) is 23.1 Å². The summed E-state index contributed by atoms with van der Waals surface area (Å²) in [4.78, 5) is 15.4. The summed E-state index contributed by atoms with van der Waals surface area (Å²) < 4.78 is 13.5. The Morgan fingerprint density at radius 2 is 1.54 bits per heavy atom.